The van der Waals surface area contributed by atoms with E-state index in [2.05, 4.69) is 15.5 Å². The Morgan fingerprint density at radius 2 is 1.67 bits per heavy atom. The molecule has 1 fully saturated rings. The Kier molecular flexibility index (Phi) is 12.7. The van der Waals surface area contributed by atoms with Gasteiger partial charge in [-0.25, -0.2) is 0 Å². The van der Waals surface area contributed by atoms with Gasteiger partial charge in [-0.15, -0.1) is 24.8 Å². The number of nitrogens with zero attached hydrogens (tertiary/aromatic N) is 1. The summed E-state index contributed by atoms with van der Waals surface area (Å²) in [6, 6.07) is 0. The van der Waals surface area contributed by atoms with E-state index in [1.807, 2.05) is 0 Å². The molecule has 0 aromatic carbocycles. The third-order valence-electron chi connectivity index (χ3n) is 2.58. The minimum atomic E-state index is -0.310. The van der Waals surface area contributed by atoms with E-state index < -0.39 is 0 Å². The van der Waals surface area contributed by atoms with Crippen LogP contribution in [0.1, 0.15) is 12.8 Å². The Hall–Kier alpha value is -0.560. The fourth-order valence-electron chi connectivity index (χ4n) is 1.67. The molecule has 1 aliphatic rings. The van der Waals surface area contributed by atoms with Gasteiger partial charge in [-0.05, 0) is 25.9 Å². The second-order valence-electron chi connectivity index (χ2n) is 3.88. The van der Waals surface area contributed by atoms with Crippen molar-refractivity contribution in [1.82, 2.24) is 15.5 Å². The predicted octanol–water partition coefficient (Wildman–Crippen LogP) is -0.883. The van der Waals surface area contributed by atoms with Crippen molar-refractivity contribution in [2.45, 2.75) is 12.8 Å². The van der Waals surface area contributed by atoms with E-state index in [9.17, 15) is 9.59 Å². The van der Waals surface area contributed by atoms with Gasteiger partial charge in [0.05, 0.1) is 13.1 Å². The molecular formula is C10H22Cl2N4O2. The van der Waals surface area contributed by atoms with Crippen LogP contribution in [-0.2, 0) is 9.59 Å². The molecule has 0 atom stereocenters. The third-order valence-corrected chi connectivity index (χ3v) is 2.58. The summed E-state index contributed by atoms with van der Waals surface area (Å²) in [4.78, 5) is 24.3. The molecule has 0 radical (unpaired) electrons. The molecule has 1 rings (SSSR count). The molecule has 1 heterocycles. The zero-order valence-electron chi connectivity index (χ0n) is 10.3. The number of hydrogen-bond donors (Lipinski definition) is 3. The van der Waals surface area contributed by atoms with Crippen LogP contribution >= 0.6 is 24.8 Å². The van der Waals surface area contributed by atoms with Crippen molar-refractivity contribution in [1.29, 1.82) is 0 Å². The second kappa shape index (κ2) is 11.5. The topological polar surface area (TPSA) is 87.5 Å². The molecule has 0 spiro atoms. The summed E-state index contributed by atoms with van der Waals surface area (Å²) in [5.74, 6) is -0.476. The first-order chi connectivity index (χ1) is 7.72. The van der Waals surface area contributed by atoms with Gasteiger partial charge >= 0.3 is 0 Å². The summed E-state index contributed by atoms with van der Waals surface area (Å²) >= 11 is 0. The Balaban J connectivity index is 0. The zero-order valence-corrected chi connectivity index (χ0v) is 11.9. The quantitative estimate of drug-likeness (QED) is 0.594. The molecule has 0 aromatic heterocycles. The van der Waals surface area contributed by atoms with E-state index in [1.54, 1.807) is 0 Å². The lowest BCUT2D eigenvalue weighted by atomic mass is 10.4. The molecular weight excluding hydrogens is 279 g/mol. The highest BCUT2D eigenvalue weighted by molar-refractivity contribution is 5.86. The summed E-state index contributed by atoms with van der Waals surface area (Å²) in [5.41, 5.74) is 5.09. The maximum atomic E-state index is 11.3. The first kappa shape index (κ1) is 19.8. The largest absolute Gasteiger partial charge is 0.353 e. The number of carbonyl (C=O) groups excluding carboxylic acids is 2. The molecule has 0 aromatic rings. The van der Waals surface area contributed by atoms with Crippen LogP contribution in [0.4, 0.5) is 0 Å². The van der Waals surface area contributed by atoms with E-state index >= 15 is 0 Å². The van der Waals surface area contributed by atoms with Crippen LogP contribution in [0.2, 0.25) is 0 Å². The van der Waals surface area contributed by atoms with Crippen molar-refractivity contribution >= 4 is 36.6 Å². The number of nitrogens with one attached hydrogen (secondary N) is 2. The number of rotatable bonds is 6. The van der Waals surface area contributed by atoms with E-state index in [0.29, 0.717) is 6.54 Å². The molecule has 0 saturated carbocycles. The Morgan fingerprint density at radius 3 is 2.22 bits per heavy atom. The average molecular weight is 301 g/mol. The van der Waals surface area contributed by atoms with Gasteiger partial charge in [-0.2, -0.15) is 0 Å². The molecule has 108 valence electrons. The van der Waals surface area contributed by atoms with Crippen molar-refractivity contribution < 1.29 is 9.59 Å². The van der Waals surface area contributed by atoms with Gasteiger partial charge in [0, 0.05) is 13.1 Å². The molecule has 1 saturated heterocycles. The first-order valence-corrected chi connectivity index (χ1v) is 5.68. The molecule has 18 heavy (non-hydrogen) atoms. The van der Waals surface area contributed by atoms with Gasteiger partial charge in [0.25, 0.3) is 0 Å². The fourth-order valence-corrected chi connectivity index (χ4v) is 1.67. The molecule has 2 amide bonds. The Bertz CT molecular complexity index is 248. The number of amides is 2. The lowest BCUT2D eigenvalue weighted by Crippen LogP contribution is -2.41. The molecule has 0 bridgehead atoms. The van der Waals surface area contributed by atoms with Crippen LogP contribution in [0.3, 0.4) is 0 Å². The van der Waals surface area contributed by atoms with Crippen LogP contribution in [0.5, 0.6) is 0 Å². The van der Waals surface area contributed by atoms with Crippen molar-refractivity contribution in [2.24, 2.45) is 5.73 Å². The summed E-state index contributed by atoms with van der Waals surface area (Å²) in [7, 11) is 0. The molecule has 4 N–H and O–H groups in total. The highest BCUT2D eigenvalue weighted by Gasteiger charge is 2.11. The summed E-state index contributed by atoms with van der Waals surface area (Å²) in [6.45, 7) is 3.70. The standard InChI is InChI=1S/C10H20N4O2.2ClH/c11-7-9(15)13-8-10(16)12-3-6-14-4-1-2-5-14;;/h1-8,11H2,(H,12,16)(H,13,15);2*1H. The highest BCUT2D eigenvalue weighted by atomic mass is 35.5. The van der Waals surface area contributed by atoms with Gasteiger partial charge in [0.2, 0.25) is 11.8 Å². The van der Waals surface area contributed by atoms with Gasteiger partial charge in [0.1, 0.15) is 0 Å². The lowest BCUT2D eigenvalue weighted by Gasteiger charge is -2.14. The summed E-state index contributed by atoms with van der Waals surface area (Å²) in [6.07, 6.45) is 2.50. The number of halogens is 2. The number of likely N-dealkylation sites (tertiary alicyclic amines) is 1. The van der Waals surface area contributed by atoms with Crippen LogP contribution in [0.15, 0.2) is 0 Å². The smallest absolute Gasteiger partial charge is 0.239 e. The molecule has 0 aliphatic carbocycles. The van der Waals surface area contributed by atoms with E-state index in [4.69, 9.17) is 5.73 Å². The maximum Gasteiger partial charge on any atom is 0.239 e. The fraction of sp³-hybridized carbons (Fsp3) is 0.800. The zero-order chi connectivity index (χ0) is 11.8. The van der Waals surface area contributed by atoms with Crippen LogP contribution in [-0.4, -0.2) is 56.0 Å². The van der Waals surface area contributed by atoms with Crippen molar-refractivity contribution in [3.63, 3.8) is 0 Å². The predicted molar refractivity (Wildman–Crippen MR) is 75.2 cm³/mol. The Labute approximate surface area is 120 Å². The van der Waals surface area contributed by atoms with Crippen molar-refractivity contribution in [3.8, 4) is 0 Å². The average Bonchev–Trinajstić information content (AvgIpc) is 2.79. The van der Waals surface area contributed by atoms with E-state index in [1.165, 1.54) is 12.8 Å². The minimum Gasteiger partial charge on any atom is -0.353 e. The van der Waals surface area contributed by atoms with E-state index in [-0.39, 0.29) is 49.7 Å². The van der Waals surface area contributed by atoms with Crippen molar-refractivity contribution in [2.75, 3.05) is 39.3 Å². The summed E-state index contributed by atoms with van der Waals surface area (Å²) < 4.78 is 0. The van der Waals surface area contributed by atoms with Gasteiger partial charge in [-0.3, -0.25) is 9.59 Å². The number of carbonyl (C=O) groups is 2. The van der Waals surface area contributed by atoms with Gasteiger partial charge < -0.3 is 21.3 Å². The van der Waals surface area contributed by atoms with Crippen LogP contribution in [0.25, 0.3) is 0 Å². The molecule has 6 nitrogen and oxygen atoms in total. The molecule has 0 unspecified atom stereocenters. The maximum absolute atomic E-state index is 11.3. The van der Waals surface area contributed by atoms with Gasteiger partial charge in [0.15, 0.2) is 0 Å². The Morgan fingerprint density at radius 1 is 1.06 bits per heavy atom. The third kappa shape index (κ3) is 8.52. The monoisotopic (exact) mass is 300 g/mol. The number of nitrogens with two attached hydrogens (primary N) is 1. The van der Waals surface area contributed by atoms with Gasteiger partial charge in [-0.1, -0.05) is 0 Å². The first-order valence-electron chi connectivity index (χ1n) is 5.68. The van der Waals surface area contributed by atoms with Crippen LogP contribution in [0, 0.1) is 0 Å². The highest BCUT2D eigenvalue weighted by Crippen LogP contribution is 2.05. The lowest BCUT2D eigenvalue weighted by molar-refractivity contribution is -0.125. The summed E-state index contributed by atoms with van der Waals surface area (Å²) in [5, 5.41) is 5.17. The number of hydrogen-bond acceptors (Lipinski definition) is 4. The van der Waals surface area contributed by atoms with Crippen molar-refractivity contribution in [3.05, 3.63) is 0 Å². The molecule has 8 heteroatoms. The minimum absolute atomic E-state index is 0. The second-order valence-corrected chi connectivity index (χ2v) is 3.88. The van der Waals surface area contributed by atoms with Crippen LogP contribution < -0.4 is 16.4 Å². The molecule has 1 aliphatic heterocycles. The van der Waals surface area contributed by atoms with E-state index in [0.717, 1.165) is 19.6 Å². The normalized spacial score (nSPS) is 14.3. The SMILES string of the molecule is Cl.Cl.NCC(=O)NCC(=O)NCCN1CCCC1.